The van der Waals surface area contributed by atoms with E-state index in [-0.39, 0.29) is 0 Å². The first kappa shape index (κ1) is 13.8. The van der Waals surface area contributed by atoms with Gasteiger partial charge >= 0.3 is 5.97 Å². The van der Waals surface area contributed by atoms with E-state index in [1.165, 1.54) is 0 Å². The Bertz CT molecular complexity index is 563. The normalized spacial score (nSPS) is 13.8. The van der Waals surface area contributed by atoms with Crippen LogP contribution in [-0.4, -0.2) is 11.1 Å². The van der Waals surface area contributed by atoms with E-state index in [1.807, 2.05) is 54.6 Å². The lowest BCUT2D eigenvalue weighted by atomic mass is 9.77. The second-order valence-electron chi connectivity index (χ2n) is 4.81. The fraction of sp³-hybridized carbons (Fsp3) is 0.188. The minimum atomic E-state index is -0.908. The summed E-state index contributed by atoms with van der Waals surface area (Å²) in [5.41, 5.74) is 0.928. The SMILES string of the molecule is CC(Cc1ccc(Br)cc1)(C(=O)O)c1ccccc1. The minimum absolute atomic E-state index is 0.472. The highest BCUT2D eigenvalue weighted by atomic mass is 79.9. The van der Waals surface area contributed by atoms with Crippen molar-refractivity contribution in [3.05, 3.63) is 70.2 Å². The highest BCUT2D eigenvalue weighted by molar-refractivity contribution is 9.10. The van der Waals surface area contributed by atoms with Crippen LogP contribution in [0.4, 0.5) is 0 Å². The molecule has 0 aliphatic heterocycles. The van der Waals surface area contributed by atoms with Crippen molar-refractivity contribution in [2.24, 2.45) is 0 Å². The Morgan fingerprint density at radius 3 is 2.21 bits per heavy atom. The Kier molecular flexibility index (Phi) is 4.05. The standard InChI is InChI=1S/C16H15BrO2/c1-16(15(18)19,13-5-3-2-4-6-13)11-12-7-9-14(17)10-8-12/h2-10H,11H2,1H3,(H,18,19). The van der Waals surface area contributed by atoms with Crippen molar-refractivity contribution in [2.45, 2.75) is 18.8 Å². The molecule has 98 valence electrons. The molecule has 1 N–H and O–H groups in total. The molecule has 0 fully saturated rings. The van der Waals surface area contributed by atoms with Crippen LogP contribution in [0.2, 0.25) is 0 Å². The Balaban J connectivity index is 2.36. The fourth-order valence-electron chi connectivity index (χ4n) is 2.12. The predicted octanol–water partition coefficient (Wildman–Crippen LogP) is 4.03. The van der Waals surface area contributed by atoms with Crippen LogP contribution in [0.5, 0.6) is 0 Å². The third-order valence-corrected chi connectivity index (χ3v) is 3.88. The van der Waals surface area contributed by atoms with Gasteiger partial charge in [-0.15, -0.1) is 0 Å². The van der Waals surface area contributed by atoms with Gasteiger partial charge in [0.25, 0.3) is 0 Å². The van der Waals surface area contributed by atoms with Crippen LogP contribution in [0.3, 0.4) is 0 Å². The Labute approximate surface area is 121 Å². The number of aliphatic carboxylic acids is 1. The van der Waals surface area contributed by atoms with E-state index >= 15 is 0 Å². The number of rotatable bonds is 4. The molecule has 2 aromatic rings. The molecular weight excluding hydrogens is 304 g/mol. The van der Waals surface area contributed by atoms with Crippen LogP contribution in [0.1, 0.15) is 18.1 Å². The molecule has 0 spiro atoms. The molecule has 0 amide bonds. The zero-order chi connectivity index (χ0) is 13.9. The smallest absolute Gasteiger partial charge is 0.314 e. The van der Waals surface area contributed by atoms with Gasteiger partial charge in [-0.2, -0.15) is 0 Å². The molecule has 19 heavy (non-hydrogen) atoms. The fourth-order valence-corrected chi connectivity index (χ4v) is 2.38. The average Bonchev–Trinajstić information content (AvgIpc) is 2.42. The van der Waals surface area contributed by atoms with Gasteiger partial charge in [-0.1, -0.05) is 58.4 Å². The van der Waals surface area contributed by atoms with E-state index in [4.69, 9.17) is 0 Å². The van der Waals surface area contributed by atoms with E-state index in [0.717, 1.165) is 15.6 Å². The number of carbonyl (C=O) groups is 1. The summed E-state index contributed by atoms with van der Waals surface area (Å²) in [4.78, 5) is 11.7. The summed E-state index contributed by atoms with van der Waals surface area (Å²) in [6, 6.07) is 17.1. The molecule has 2 nitrogen and oxygen atoms in total. The van der Waals surface area contributed by atoms with Gasteiger partial charge < -0.3 is 5.11 Å². The molecule has 2 aromatic carbocycles. The first-order chi connectivity index (χ1) is 9.02. The lowest BCUT2D eigenvalue weighted by Crippen LogP contribution is -2.34. The van der Waals surface area contributed by atoms with Crippen LogP contribution in [0.25, 0.3) is 0 Å². The van der Waals surface area contributed by atoms with E-state index < -0.39 is 11.4 Å². The molecule has 3 heteroatoms. The highest BCUT2D eigenvalue weighted by Crippen LogP contribution is 2.29. The summed E-state index contributed by atoms with van der Waals surface area (Å²) in [5, 5.41) is 9.59. The molecule has 0 bridgehead atoms. The van der Waals surface area contributed by atoms with Crippen LogP contribution < -0.4 is 0 Å². The van der Waals surface area contributed by atoms with Crippen molar-refractivity contribution in [2.75, 3.05) is 0 Å². The molecule has 0 aliphatic carbocycles. The maximum Gasteiger partial charge on any atom is 0.314 e. The number of halogens is 1. The van der Waals surface area contributed by atoms with Gasteiger partial charge in [0.1, 0.15) is 0 Å². The van der Waals surface area contributed by atoms with Crippen molar-refractivity contribution in [3.8, 4) is 0 Å². The number of carboxylic acid groups (broad SMARTS) is 1. The van der Waals surface area contributed by atoms with Crippen molar-refractivity contribution < 1.29 is 9.90 Å². The van der Waals surface area contributed by atoms with Gasteiger partial charge in [-0.05, 0) is 36.6 Å². The number of carboxylic acids is 1. The molecule has 1 unspecified atom stereocenters. The third-order valence-electron chi connectivity index (χ3n) is 3.35. The molecule has 1 atom stereocenters. The van der Waals surface area contributed by atoms with Crippen molar-refractivity contribution in [1.82, 2.24) is 0 Å². The zero-order valence-electron chi connectivity index (χ0n) is 10.6. The lowest BCUT2D eigenvalue weighted by Gasteiger charge is -2.25. The second kappa shape index (κ2) is 5.57. The number of hydrogen-bond acceptors (Lipinski definition) is 1. The predicted molar refractivity (Wildman–Crippen MR) is 79.3 cm³/mol. The topological polar surface area (TPSA) is 37.3 Å². The van der Waals surface area contributed by atoms with E-state index in [0.29, 0.717) is 6.42 Å². The Morgan fingerprint density at radius 2 is 1.68 bits per heavy atom. The number of hydrogen-bond donors (Lipinski definition) is 1. The van der Waals surface area contributed by atoms with E-state index in [2.05, 4.69) is 15.9 Å². The molecule has 0 aromatic heterocycles. The van der Waals surface area contributed by atoms with Crippen LogP contribution in [-0.2, 0) is 16.6 Å². The lowest BCUT2D eigenvalue weighted by molar-refractivity contribution is -0.143. The second-order valence-corrected chi connectivity index (χ2v) is 5.72. The molecule has 2 rings (SSSR count). The van der Waals surface area contributed by atoms with Crippen molar-refractivity contribution in [3.63, 3.8) is 0 Å². The summed E-state index contributed by atoms with van der Waals surface area (Å²) in [7, 11) is 0. The monoisotopic (exact) mass is 318 g/mol. The highest BCUT2D eigenvalue weighted by Gasteiger charge is 2.35. The zero-order valence-corrected chi connectivity index (χ0v) is 12.2. The first-order valence-electron chi connectivity index (χ1n) is 6.06. The van der Waals surface area contributed by atoms with E-state index in [9.17, 15) is 9.90 Å². The molecule has 0 saturated carbocycles. The van der Waals surface area contributed by atoms with Crippen LogP contribution in [0.15, 0.2) is 59.1 Å². The van der Waals surface area contributed by atoms with Crippen LogP contribution >= 0.6 is 15.9 Å². The van der Waals surface area contributed by atoms with Crippen molar-refractivity contribution in [1.29, 1.82) is 0 Å². The van der Waals surface area contributed by atoms with Gasteiger partial charge in [0, 0.05) is 4.47 Å². The van der Waals surface area contributed by atoms with Gasteiger partial charge in [-0.25, -0.2) is 0 Å². The van der Waals surface area contributed by atoms with E-state index in [1.54, 1.807) is 6.92 Å². The van der Waals surface area contributed by atoms with Crippen molar-refractivity contribution >= 4 is 21.9 Å². The molecule has 0 heterocycles. The average molecular weight is 319 g/mol. The molecule has 0 saturated heterocycles. The van der Waals surface area contributed by atoms with Gasteiger partial charge in [0.05, 0.1) is 5.41 Å². The molecular formula is C16H15BrO2. The maximum atomic E-state index is 11.7. The molecule has 0 radical (unpaired) electrons. The summed E-state index contributed by atoms with van der Waals surface area (Å²) in [6.07, 6.45) is 0.472. The Morgan fingerprint density at radius 1 is 1.11 bits per heavy atom. The summed E-state index contributed by atoms with van der Waals surface area (Å²) in [5.74, 6) is -0.804. The van der Waals surface area contributed by atoms with Crippen LogP contribution in [0, 0.1) is 0 Å². The third kappa shape index (κ3) is 3.04. The van der Waals surface area contributed by atoms with Gasteiger partial charge in [0.15, 0.2) is 0 Å². The molecule has 0 aliphatic rings. The summed E-state index contributed by atoms with van der Waals surface area (Å²) in [6.45, 7) is 1.77. The quantitative estimate of drug-likeness (QED) is 0.924. The maximum absolute atomic E-state index is 11.7. The summed E-state index contributed by atoms with van der Waals surface area (Å²) < 4.78 is 0.994. The largest absolute Gasteiger partial charge is 0.481 e. The van der Waals surface area contributed by atoms with Gasteiger partial charge in [0.2, 0.25) is 0 Å². The summed E-state index contributed by atoms with van der Waals surface area (Å²) >= 11 is 3.38. The number of benzene rings is 2. The first-order valence-corrected chi connectivity index (χ1v) is 6.85. The Hall–Kier alpha value is -1.61. The minimum Gasteiger partial charge on any atom is -0.481 e. The van der Waals surface area contributed by atoms with Gasteiger partial charge in [-0.3, -0.25) is 4.79 Å².